The molecule has 25 heavy (non-hydrogen) atoms. The zero-order valence-electron chi connectivity index (χ0n) is 13.6. The van der Waals surface area contributed by atoms with E-state index >= 15 is 0 Å². The van der Waals surface area contributed by atoms with E-state index in [1.54, 1.807) is 0 Å². The first kappa shape index (κ1) is 18.2. The van der Waals surface area contributed by atoms with Crippen molar-refractivity contribution in [1.82, 2.24) is 4.57 Å². The molecule has 0 saturated carbocycles. The van der Waals surface area contributed by atoms with Crippen LogP contribution >= 0.6 is 0 Å². The topological polar surface area (TPSA) is 123 Å². The summed E-state index contributed by atoms with van der Waals surface area (Å²) in [6.45, 7) is 2.48. The second-order valence-electron chi connectivity index (χ2n) is 5.57. The van der Waals surface area contributed by atoms with Gasteiger partial charge in [0.05, 0.1) is 10.5 Å². The molecule has 0 aliphatic carbocycles. The molecule has 0 atom stereocenters. The standard InChI is InChI=1S/C17H18N2O6/c1-2-3-4-9-18-10-11(5-8-14(18)21)16(22)12-6-7-13(20)15(17(12)23)19(24)25/h5-8,10,20,23H,2-4,9H2,1H3. The maximum Gasteiger partial charge on any atom is 0.352 e. The van der Waals surface area contributed by atoms with E-state index in [-0.39, 0.29) is 16.7 Å². The normalized spacial score (nSPS) is 10.6. The van der Waals surface area contributed by atoms with Gasteiger partial charge in [-0.3, -0.25) is 19.7 Å². The molecule has 0 unspecified atom stereocenters. The zero-order valence-corrected chi connectivity index (χ0v) is 13.6. The monoisotopic (exact) mass is 346 g/mol. The number of aromatic hydroxyl groups is 2. The predicted octanol–water partition coefficient (Wildman–Crippen LogP) is 2.59. The lowest BCUT2D eigenvalue weighted by molar-refractivity contribution is -0.386. The average Bonchev–Trinajstić information content (AvgIpc) is 2.56. The highest BCUT2D eigenvalue weighted by Gasteiger charge is 2.26. The van der Waals surface area contributed by atoms with Gasteiger partial charge < -0.3 is 14.8 Å². The molecule has 0 radical (unpaired) electrons. The number of benzene rings is 1. The number of phenols is 2. The van der Waals surface area contributed by atoms with E-state index in [0.717, 1.165) is 31.4 Å². The summed E-state index contributed by atoms with van der Waals surface area (Å²) in [6, 6.07) is 4.62. The lowest BCUT2D eigenvalue weighted by Gasteiger charge is -2.09. The summed E-state index contributed by atoms with van der Waals surface area (Å²) in [6.07, 6.45) is 4.08. The molecule has 0 bridgehead atoms. The molecule has 1 heterocycles. The molecule has 2 N–H and O–H groups in total. The first-order chi connectivity index (χ1) is 11.9. The molecule has 1 aromatic carbocycles. The van der Waals surface area contributed by atoms with Crippen molar-refractivity contribution in [2.24, 2.45) is 0 Å². The summed E-state index contributed by atoms with van der Waals surface area (Å²) in [5.41, 5.74) is -1.38. The SMILES string of the molecule is CCCCCn1cc(C(=O)c2ccc(O)c([N+](=O)[O-])c2O)ccc1=O. The number of phenolic OH excluding ortho intramolecular Hbond substituents is 2. The third-order valence-corrected chi connectivity index (χ3v) is 3.81. The van der Waals surface area contributed by atoms with Gasteiger partial charge in [-0.05, 0) is 24.6 Å². The molecular weight excluding hydrogens is 328 g/mol. The Hall–Kier alpha value is -3.16. The zero-order chi connectivity index (χ0) is 18.6. The maximum atomic E-state index is 12.6. The van der Waals surface area contributed by atoms with E-state index < -0.39 is 27.9 Å². The molecule has 0 aliphatic rings. The van der Waals surface area contributed by atoms with Crippen LogP contribution in [0.5, 0.6) is 11.5 Å². The first-order valence-corrected chi connectivity index (χ1v) is 7.81. The van der Waals surface area contributed by atoms with Gasteiger partial charge in [-0.15, -0.1) is 0 Å². The van der Waals surface area contributed by atoms with Crippen molar-refractivity contribution in [1.29, 1.82) is 0 Å². The van der Waals surface area contributed by atoms with Crippen LogP contribution in [0.1, 0.15) is 42.1 Å². The van der Waals surface area contributed by atoms with Crippen molar-refractivity contribution in [3.63, 3.8) is 0 Å². The molecule has 8 heteroatoms. The van der Waals surface area contributed by atoms with Gasteiger partial charge in [0.1, 0.15) is 0 Å². The lowest BCUT2D eigenvalue weighted by atomic mass is 10.0. The molecule has 1 aromatic heterocycles. The summed E-state index contributed by atoms with van der Waals surface area (Å²) < 4.78 is 1.40. The Morgan fingerprint density at radius 3 is 2.56 bits per heavy atom. The third kappa shape index (κ3) is 3.85. The number of carbonyl (C=O) groups excluding carboxylic acids is 1. The summed E-state index contributed by atoms with van der Waals surface area (Å²) >= 11 is 0. The fourth-order valence-corrected chi connectivity index (χ4v) is 2.46. The highest BCUT2D eigenvalue weighted by Crippen LogP contribution is 2.38. The van der Waals surface area contributed by atoms with E-state index in [4.69, 9.17) is 0 Å². The molecule has 0 fully saturated rings. The van der Waals surface area contributed by atoms with Crippen LogP contribution in [-0.4, -0.2) is 25.5 Å². The summed E-state index contributed by atoms with van der Waals surface area (Å²) in [7, 11) is 0. The number of rotatable bonds is 7. The lowest BCUT2D eigenvalue weighted by Crippen LogP contribution is -2.20. The number of nitro benzene ring substituents is 1. The molecule has 0 saturated heterocycles. The number of nitro groups is 1. The van der Waals surface area contributed by atoms with Crippen LogP contribution in [0.15, 0.2) is 35.3 Å². The summed E-state index contributed by atoms with van der Waals surface area (Å²) in [4.78, 5) is 34.4. The Kier molecular flexibility index (Phi) is 5.53. The van der Waals surface area contributed by atoms with E-state index in [1.807, 2.05) is 6.92 Å². The van der Waals surface area contributed by atoms with Crippen molar-refractivity contribution in [2.45, 2.75) is 32.7 Å². The number of ketones is 1. The van der Waals surface area contributed by atoms with Gasteiger partial charge in [0.15, 0.2) is 11.5 Å². The Labute approximate surface area is 143 Å². The van der Waals surface area contributed by atoms with Gasteiger partial charge in [0, 0.05) is 24.4 Å². The van der Waals surface area contributed by atoms with Crippen LogP contribution in [0.2, 0.25) is 0 Å². The highest BCUT2D eigenvalue weighted by atomic mass is 16.6. The summed E-state index contributed by atoms with van der Waals surface area (Å²) in [5, 5.41) is 30.4. The van der Waals surface area contributed by atoms with Crippen molar-refractivity contribution in [2.75, 3.05) is 0 Å². The molecule has 0 spiro atoms. The van der Waals surface area contributed by atoms with Gasteiger partial charge in [-0.25, -0.2) is 0 Å². The number of pyridine rings is 1. The fourth-order valence-electron chi connectivity index (χ4n) is 2.46. The number of aromatic nitrogens is 1. The molecule has 2 aromatic rings. The molecule has 8 nitrogen and oxygen atoms in total. The minimum Gasteiger partial charge on any atom is -0.502 e. The van der Waals surface area contributed by atoms with Gasteiger partial charge in [0.25, 0.3) is 5.56 Å². The van der Waals surface area contributed by atoms with Crippen LogP contribution in [-0.2, 0) is 6.54 Å². The number of hydrogen-bond acceptors (Lipinski definition) is 6. The van der Waals surface area contributed by atoms with Crippen LogP contribution in [0.25, 0.3) is 0 Å². The van der Waals surface area contributed by atoms with E-state index in [0.29, 0.717) is 6.54 Å². The Balaban J connectivity index is 2.42. The molecule has 2 rings (SSSR count). The van der Waals surface area contributed by atoms with Crippen LogP contribution < -0.4 is 5.56 Å². The number of unbranched alkanes of at least 4 members (excludes halogenated alkanes) is 2. The molecule has 132 valence electrons. The van der Waals surface area contributed by atoms with Crippen molar-refractivity contribution in [3.8, 4) is 11.5 Å². The minimum atomic E-state index is -0.965. The highest BCUT2D eigenvalue weighted by molar-refractivity contribution is 6.11. The molecule has 0 aliphatic heterocycles. The van der Waals surface area contributed by atoms with Crippen LogP contribution in [0.4, 0.5) is 5.69 Å². The average molecular weight is 346 g/mol. The Bertz CT molecular complexity index is 872. The second kappa shape index (κ2) is 7.61. The van der Waals surface area contributed by atoms with Crippen molar-refractivity contribution in [3.05, 3.63) is 62.1 Å². The van der Waals surface area contributed by atoms with Gasteiger partial charge in [0.2, 0.25) is 5.75 Å². The van der Waals surface area contributed by atoms with E-state index in [2.05, 4.69) is 0 Å². The second-order valence-corrected chi connectivity index (χ2v) is 5.57. The minimum absolute atomic E-state index is 0.117. The molecular formula is C17H18N2O6. The molecule has 0 amide bonds. The number of hydrogen-bond donors (Lipinski definition) is 2. The van der Waals surface area contributed by atoms with E-state index in [1.165, 1.54) is 22.9 Å². The van der Waals surface area contributed by atoms with Crippen LogP contribution in [0.3, 0.4) is 0 Å². The number of nitrogens with zero attached hydrogens (tertiary/aromatic N) is 2. The maximum absolute atomic E-state index is 12.6. The van der Waals surface area contributed by atoms with E-state index in [9.17, 15) is 29.9 Å². The first-order valence-electron chi connectivity index (χ1n) is 7.81. The van der Waals surface area contributed by atoms with Crippen LogP contribution in [0, 0.1) is 10.1 Å². The van der Waals surface area contributed by atoms with Crippen molar-refractivity contribution >= 4 is 11.5 Å². The smallest absolute Gasteiger partial charge is 0.352 e. The fraction of sp³-hybridized carbons (Fsp3) is 0.294. The predicted molar refractivity (Wildman–Crippen MR) is 90.1 cm³/mol. The number of aryl methyl sites for hydroxylation is 1. The quantitative estimate of drug-likeness (QED) is 0.344. The number of carbonyl (C=O) groups is 1. The van der Waals surface area contributed by atoms with Gasteiger partial charge in [-0.1, -0.05) is 19.8 Å². The largest absolute Gasteiger partial charge is 0.502 e. The van der Waals surface area contributed by atoms with Crippen molar-refractivity contribution < 1.29 is 19.9 Å². The van der Waals surface area contributed by atoms with Gasteiger partial charge >= 0.3 is 5.69 Å². The van der Waals surface area contributed by atoms with Gasteiger partial charge in [-0.2, -0.15) is 0 Å². The summed E-state index contributed by atoms with van der Waals surface area (Å²) in [5.74, 6) is -2.31. The third-order valence-electron chi connectivity index (χ3n) is 3.81. The Morgan fingerprint density at radius 1 is 1.20 bits per heavy atom. The Morgan fingerprint density at radius 2 is 1.92 bits per heavy atom.